The molecule has 3 N–H and O–H groups in total. The molecule has 0 amide bonds. The van der Waals surface area contributed by atoms with E-state index in [1.54, 1.807) is 32.9 Å². The number of halogens is 1. The Morgan fingerprint density at radius 2 is 1.57 bits per heavy atom. The number of nitrogens with one attached hydrogen (secondary N) is 1. The van der Waals surface area contributed by atoms with Gasteiger partial charge in [0.05, 0.1) is 10.6 Å². The maximum Gasteiger partial charge on any atom is 0.262 e. The summed E-state index contributed by atoms with van der Waals surface area (Å²) in [4.78, 5) is 0.167. The maximum atomic E-state index is 13.3. The molecule has 0 spiro atoms. The third-order valence-electron chi connectivity index (χ3n) is 3.20. The summed E-state index contributed by atoms with van der Waals surface area (Å²) >= 11 is 0. The Morgan fingerprint density at radius 1 is 1.00 bits per heavy atom. The van der Waals surface area contributed by atoms with Crippen LogP contribution in [0.5, 0.6) is 0 Å². The highest BCUT2D eigenvalue weighted by Gasteiger charge is 2.21. The molecule has 0 saturated heterocycles. The Hall–Kier alpha value is -2.08. The predicted octanol–water partition coefficient (Wildman–Crippen LogP) is 3.13. The van der Waals surface area contributed by atoms with Gasteiger partial charge in [-0.05, 0) is 61.7 Å². The molecule has 0 bridgehead atoms. The van der Waals surface area contributed by atoms with Crippen molar-refractivity contribution < 1.29 is 12.8 Å². The van der Waals surface area contributed by atoms with Crippen LogP contribution >= 0.6 is 0 Å². The Labute approximate surface area is 123 Å². The van der Waals surface area contributed by atoms with Crippen molar-refractivity contribution in [3.05, 3.63) is 52.8 Å². The molecule has 21 heavy (non-hydrogen) atoms. The number of benzene rings is 2. The molecule has 6 heteroatoms. The summed E-state index contributed by atoms with van der Waals surface area (Å²) in [6.07, 6.45) is 0. The van der Waals surface area contributed by atoms with Gasteiger partial charge in [0, 0.05) is 5.69 Å². The van der Waals surface area contributed by atoms with Crippen molar-refractivity contribution in [3.63, 3.8) is 0 Å². The quantitative estimate of drug-likeness (QED) is 0.856. The number of hydrogen-bond donors (Lipinski definition) is 2. The van der Waals surface area contributed by atoms with Gasteiger partial charge in [-0.2, -0.15) is 0 Å². The van der Waals surface area contributed by atoms with Crippen molar-refractivity contribution in [2.45, 2.75) is 25.7 Å². The number of aryl methyl sites for hydroxylation is 3. The van der Waals surface area contributed by atoms with Crippen molar-refractivity contribution in [1.82, 2.24) is 0 Å². The van der Waals surface area contributed by atoms with Crippen LogP contribution in [-0.2, 0) is 10.0 Å². The fourth-order valence-electron chi connectivity index (χ4n) is 2.31. The predicted molar refractivity (Wildman–Crippen MR) is 82.3 cm³/mol. The first kappa shape index (κ1) is 15.3. The van der Waals surface area contributed by atoms with E-state index in [1.807, 2.05) is 0 Å². The lowest BCUT2D eigenvalue weighted by Gasteiger charge is -2.15. The van der Waals surface area contributed by atoms with Gasteiger partial charge < -0.3 is 5.73 Å². The molecule has 0 saturated carbocycles. The third kappa shape index (κ3) is 3.16. The van der Waals surface area contributed by atoms with Crippen LogP contribution in [0.15, 0.2) is 35.2 Å². The van der Waals surface area contributed by atoms with Gasteiger partial charge in [-0.15, -0.1) is 0 Å². The number of hydrogen-bond acceptors (Lipinski definition) is 3. The lowest BCUT2D eigenvalue weighted by Crippen LogP contribution is -2.16. The zero-order valence-corrected chi connectivity index (χ0v) is 12.9. The zero-order valence-electron chi connectivity index (χ0n) is 12.1. The van der Waals surface area contributed by atoms with Crippen LogP contribution in [0, 0.1) is 26.6 Å². The van der Waals surface area contributed by atoms with Gasteiger partial charge in [0.15, 0.2) is 0 Å². The third-order valence-corrected chi connectivity index (χ3v) is 4.87. The van der Waals surface area contributed by atoms with Gasteiger partial charge in [-0.25, -0.2) is 12.8 Å². The van der Waals surface area contributed by atoms with Crippen molar-refractivity contribution in [1.29, 1.82) is 0 Å². The molecule has 0 fully saturated rings. The van der Waals surface area contributed by atoms with Gasteiger partial charge in [-0.3, -0.25) is 4.72 Å². The van der Waals surface area contributed by atoms with Crippen molar-refractivity contribution >= 4 is 21.4 Å². The van der Waals surface area contributed by atoms with Crippen LogP contribution in [0.25, 0.3) is 0 Å². The fraction of sp³-hybridized carbons (Fsp3) is 0.200. The van der Waals surface area contributed by atoms with E-state index in [9.17, 15) is 12.8 Å². The summed E-state index contributed by atoms with van der Waals surface area (Å²) in [7, 11) is -3.80. The Bertz CT molecular complexity index is 778. The first-order chi connectivity index (χ1) is 9.70. The van der Waals surface area contributed by atoms with E-state index in [0.717, 1.165) is 6.07 Å². The largest absolute Gasteiger partial charge is 0.399 e. The summed E-state index contributed by atoms with van der Waals surface area (Å²) in [6, 6.07) is 7.16. The fourth-order valence-corrected chi connectivity index (χ4v) is 3.88. The SMILES string of the molecule is Cc1ccc(F)cc1NS(=O)(=O)c1c(C)cc(N)cc1C. The summed E-state index contributed by atoms with van der Waals surface area (Å²) < 4.78 is 40.8. The molecule has 0 heterocycles. The van der Waals surface area contributed by atoms with E-state index < -0.39 is 15.8 Å². The Kier molecular flexibility index (Phi) is 3.91. The molecule has 2 aromatic rings. The second-order valence-corrected chi connectivity index (χ2v) is 6.67. The van der Waals surface area contributed by atoms with Crippen LogP contribution in [0.3, 0.4) is 0 Å². The normalized spacial score (nSPS) is 11.4. The van der Waals surface area contributed by atoms with E-state index in [0.29, 0.717) is 22.4 Å². The van der Waals surface area contributed by atoms with Crippen molar-refractivity contribution in [2.75, 3.05) is 10.5 Å². The van der Waals surface area contributed by atoms with Gasteiger partial charge in [0.25, 0.3) is 10.0 Å². The minimum Gasteiger partial charge on any atom is -0.399 e. The minimum absolute atomic E-state index is 0.167. The molecule has 0 aliphatic carbocycles. The molecule has 112 valence electrons. The minimum atomic E-state index is -3.80. The van der Waals surface area contributed by atoms with E-state index >= 15 is 0 Å². The molecule has 0 aliphatic rings. The van der Waals surface area contributed by atoms with E-state index in [4.69, 9.17) is 5.73 Å². The molecule has 0 aliphatic heterocycles. The second kappa shape index (κ2) is 5.37. The topological polar surface area (TPSA) is 72.2 Å². The number of anilines is 2. The lowest BCUT2D eigenvalue weighted by atomic mass is 10.1. The van der Waals surface area contributed by atoms with Gasteiger partial charge >= 0.3 is 0 Å². The molecule has 0 aromatic heterocycles. The lowest BCUT2D eigenvalue weighted by molar-refractivity contribution is 0.600. The monoisotopic (exact) mass is 308 g/mol. The first-order valence-corrected chi connectivity index (χ1v) is 7.85. The van der Waals surface area contributed by atoms with E-state index in [1.165, 1.54) is 12.1 Å². The molecular weight excluding hydrogens is 291 g/mol. The zero-order chi connectivity index (χ0) is 15.8. The van der Waals surface area contributed by atoms with Crippen LogP contribution in [0.2, 0.25) is 0 Å². The van der Waals surface area contributed by atoms with E-state index in [2.05, 4.69) is 4.72 Å². The van der Waals surface area contributed by atoms with Crippen molar-refractivity contribution in [3.8, 4) is 0 Å². The molecule has 0 unspecified atom stereocenters. The highest BCUT2D eigenvalue weighted by atomic mass is 32.2. The van der Waals surface area contributed by atoms with E-state index in [-0.39, 0.29) is 10.6 Å². The first-order valence-electron chi connectivity index (χ1n) is 6.36. The Balaban J connectivity index is 2.51. The second-order valence-electron chi connectivity index (χ2n) is 5.05. The number of nitrogens with two attached hydrogens (primary N) is 1. The van der Waals surface area contributed by atoms with Gasteiger partial charge in [-0.1, -0.05) is 6.07 Å². The smallest absolute Gasteiger partial charge is 0.262 e. The van der Waals surface area contributed by atoms with Gasteiger partial charge in [0.1, 0.15) is 5.82 Å². The number of rotatable bonds is 3. The summed E-state index contributed by atoms with van der Waals surface area (Å²) in [6.45, 7) is 5.06. The van der Waals surface area contributed by atoms with Crippen LogP contribution < -0.4 is 10.5 Å². The maximum absolute atomic E-state index is 13.3. The molecule has 4 nitrogen and oxygen atoms in total. The van der Waals surface area contributed by atoms with Crippen molar-refractivity contribution in [2.24, 2.45) is 0 Å². The molecule has 0 radical (unpaired) electrons. The average Bonchev–Trinajstić information content (AvgIpc) is 2.31. The average molecular weight is 308 g/mol. The Morgan fingerprint density at radius 3 is 2.14 bits per heavy atom. The molecule has 2 rings (SSSR count). The molecule has 2 aromatic carbocycles. The molecule has 0 atom stereocenters. The van der Waals surface area contributed by atoms with Crippen LogP contribution in [0.4, 0.5) is 15.8 Å². The number of sulfonamides is 1. The summed E-state index contributed by atoms with van der Waals surface area (Å²) in [5.41, 5.74) is 8.18. The van der Waals surface area contributed by atoms with Gasteiger partial charge in [0.2, 0.25) is 0 Å². The highest BCUT2D eigenvalue weighted by molar-refractivity contribution is 7.92. The summed E-state index contributed by atoms with van der Waals surface area (Å²) in [5, 5.41) is 0. The van der Waals surface area contributed by atoms with Crippen LogP contribution in [0.1, 0.15) is 16.7 Å². The number of nitrogen functional groups attached to an aromatic ring is 1. The highest BCUT2D eigenvalue weighted by Crippen LogP contribution is 2.26. The molecular formula is C15H17FN2O2S. The standard InChI is InChI=1S/C15H17FN2O2S/c1-9-4-5-12(16)8-14(9)18-21(19,20)15-10(2)6-13(17)7-11(15)3/h4-8,18H,17H2,1-3H3. The van der Waals surface area contributed by atoms with Crippen LogP contribution in [-0.4, -0.2) is 8.42 Å². The summed E-state index contributed by atoms with van der Waals surface area (Å²) in [5.74, 6) is -0.496.